The summed E-state index contributed by atoms with van der Waals surface area (Å²) in [5, 5.41) is 81.8. The van der Waals surface area contributed by atoms with E-state index < -0.39 is 124 Å². The molecule has 0 aromatic rings. The van der Waals surface area contributed by atoms with Crippen LogP contribution < -0.4 is 17.2 Å². The average Bonchev–Trinajstić information content (AvgIpc) is 2.96. The maximum absolute atomic E-state index is 12.0. The minimum Gasteiger partial charge on any atom is -0.394 e. The highest BCUT2D eigenvalue weighted by Gasteiger charge is 2.57. The predicted octanol–water partition coefficient (Wildman–Crippen LogP) is -8.28. The summed E-state index contributed by atoms with van der Waals surface area (Å²) in [7, 11) is 0. The first-order chi connectivity index (χ1) is 19.3. The summed E-state index contributed by atoms with van der Waals surface area (Å²) in [6.07, 6.45) is -18.7. The van der Waals surface area contributed by atoms with E-state index in [-0.39, 0.29) is 6.47 Å². The van der Waals surface area contributed by atoms with Crippen molar-refractivity contribution in [2.75, 3.05) is 19.8 Å². The van der Waals surface area contributed by atoms with Crippen LogP contribution in [0.1, 0.15) is 6.42 Å². The Bertz CT molecular complexity index is 871. The van der Waals surface area contributed by atoms with Gasteiger partial charge in [0, 0.05) is 0 Å². The first-order valence-corrected chi connectivity index (χ1v) is 12.4. The highest BCUT2D eigenvalue weighted by atomic mass is 17.2. The van der Waals surface area contributed by atoms with Crippen molar-refractivity contribution in [3.63, 3.8) is 0 Å². The van der Waals surface area contributed by atoms with Gasteiger partial charge in [-0.05, 0) is 0 Å². The second-order valence-corrected chi connectivity index (χ2v) is 9.86. The molecule has 3 aliphatic heterocycles. The Labute approximate surface area is 231 Å². The van der Waals surface area contributed by atoms with Crippen LogP contribution in [0.2, 0.25) is 0 Å². The second-order valence-electron chi connectivity index (χ2n) is 9.86. The molecule has 3 saturated heterocycles. The SMILES string of the molecule is N[C@H]1[C@@H](OC2[C@@H](CO)O[C@@H](OC3[C@@H](CO)O[C@@H](O)[C@H](N)[C@H]3O)[C@H](N)[C@H]2O)O[C@@](CO)(CC(=O)OOC=O)[C@@H](O)[C@@H]1O. The van der Waals surface area contributed by atoms with E-state index in [0.717, 1.165) is 0 Å². The lowest BCUT2D eigenvalue weighted by atomic mass is 9.84. The summed E-state index contributed by atoms with van der Waals surface area (Å²) in [4.78, 5) is 30.3. The van der Waals surface area contributed by atoms with Crippen LogP contribution in [0.5, 0.6) is 0 Å². The van der Waals surface area contributed by atoms with E-state index in [1.54, 1.807) is 0 Å². The van der Waals surface area contributed by atoms with E-state index in [9.17, 15) is 50.4 Å². The molecule has 238 valence electrons. The molecule has 0 spiro atoms. The van der Waals surface area contributed by atoms with E-state index in [1.165, 1.54) is 0 Å². The Morgan fingerprint density at radius 1 is 0.805 bits per heavy atom. The molecule has 0 radical (unpaired) electrons. The van der Waals surface area contributed by atoms with Crippen molar-refractivity contribution in [3.8, 4) is 0 Å². The van der Waals surface area contributed by atoms with Crippen LogP contribution in [0, 0.1) is 0 Å². The number of aliphatic hydroxyl groups is 8. The molecule has 3 fully saturated rings. The monoisotopic (exact) mass is 603 g/mol. The third kappa shape index (κ3) is 6.94. The zero-order valence-electron chi connectivity index (χ0n) is 21.5. The molecule has 0 aliphatic carbocycles. The number of hydrogen-bond acceptors (Lipinski definition) is 20. The summed E-state index contributed by atoms with van der Waals surface area (Å²) in [6.45, 7) is -2.84. The van der Waals surface area contributed by atoms with E-state index in [2.05, 4.69) is 9.78 Å². The van der Waals surface area contributed by atoms with Crippen LogP contribution in [-0.4, -0.2) is 165 Å². The molecule has 3 heterocycles. The summed E-state index contributed by atoms with van der Waals surface area (Å²) in [5.74, 6) is -1.29. The fourth-order valence-electron chi connectivity index (χ4n) is 4.82. The Balaban J connectivity index is 1.77. The highest BCUT2D eigenvalue weighted by Crippen LogP contribution is 2.35. The summed E-state index contributed by atoms with van der Waals surface area (Å²) < 4.78 is 27.7. The lowest BCUT2D eigenvalue weighted by molar-refractivity contribution is -0.361. The second kappa shape index (κ2) is 14.2. The molecule has 0 aromatic carbocycles. The number of carbonyl (C=O) groups excluding carboxylic acids is 2. The molecule has 0 aromatic heterocycles. The zero-order chi connectivity index (χ0) is 30.6. The molecule has 20 heteroatoms. The smallest absolute Gasteiger partial charge is 0.358 e. The number of nitrogens with two attached hydrogens (primary N) is 3. The number of rotatable bonds is 11. The van der Waals surface area contributed by atoms with Gasteiger partial charge in [-0.25, -0.2) is 9.68 Å². The largest absolute Gasteiger partial charge is 0.394 e. The van der Waals surface area contributed by atoms with Crippen molar-refractivity contribution in [3.05, 3.63) is 0 Å². The number of carbonyl (C=O) groups is 2. The van der Waals surface area contributed by atoms with E-state index in [1.807, 2.05) is 0 Å². The van der Waals surface area contributed by atoms with Crippen LogP contribution >= 0.6 is 0 Å². The number of ether oxygens (including phenoxy) is 5. The lowest BCUT2D eigenvalue weighted by Crippen LogP contribution is -2.71. The fourth-order valence-corrected chi connectivity index (χ4v) is 4.82. The molecular formula is C21H37N3O17. The summed E-state index contributed by atoms with van der Waals surface area (Å²) in [5.41, 5.74) is 15.4. The lowest BCUT2D eigenvalue weighted by Gasteiger charge is -2.50. The van der Waals surface area contributed by atoms with Crippen molar-refractivity contribution in [2.24, 2.45) is 17.2 Å². The molecule has 20 nitrogen and oxygen atoms in total. The van der Waals surface area contributed by atoms with Crippen LogP contribution in [0.3, 0.4) is 0 Å². The molecular weight excluding hydrogens is 566 g/mol. The molecule has 0 bridgehead atoms. The highest BCUT2D eigenvalue weighted by molar-refractivity contribution is 5.70. The van der Waals surface area contributed by atoms with Gasteiger partial charge in [-0.3, -0.25) is 9.68 Å². The van der Waals surface area contributed by atoms with E-state index in [4.69, 9.17) is 40.9 Å². The van der Waals surface area contributed by atoms with Gasteiger partial charge in [0.2, 0.25) is 0 Å². The van der Waals surface area contributed by atoms with Crippen LogP contribution in [0.25, 0.3) is 0 Å². The van der Waals surface area contributed by atoms with Gasteiger partial charge in [0.1, 0.15) is 54.4 Å². The Kier molecular flexibility index (Phi) is 11.7. The molecule has 0 saturated carbocycles. The van der Waals surface area contributed by atoms with Crippen molar-refractivity contribution in [2.45, 2.75) is 97.8 Å². The van der Waals surface area contributed by atoms with E-state index >= 15 is 0 Å². The molecule has 3 rings (SSSR count). The Morgan fingerprint density at radius 3 is 1.90 bits per heavy atom. The molecule has 14 N–H and O–H groups in total. The molecule has 41 heavy (non-hydrogen) atoms. The van der Waals surface area contributed by atoms with Crippen molar-refractivity contribution in [1.29, 1.82) is 0 Å². The molecule has 0 amide bonds. The van der Waals surface area contributed by atoms with Crippen molar-refractivity contribution >= 4 is 12.4 Å². The molecule has 15 atom stereocenters. The minimum atomic E-state index is -2.29. The van der Waals surface area contributed by atoms with Gasteiger partial charge in [-0.15, -0.1) is 0 Å². The fraction of sp³-hybridized carbons (Fsp3) is 0.905. The maximum atomic E-state index is 12.0. The van der Waals surface area contributed by atoms with E-state index in [0.29, 0.717) is 0 Å². The quantitative estimate of drug-likeness (QED) is 0.0593. The summed E-state index contributed by atoms with van der Waals surface area (Å²) in [6, 6.07) is -4.35. The third-order valence-electron chi connectivity index (χ3n) is 7.22. The van der Waals surface area contributed by atoms with Gasteiger partial charge >= 0.3 is 12.4 Å². The van der Waals surface area contributed by atoms with Crippen LogP contribution in [0.4, 0.5) is 0 Å². The Morgan fingerprint density at radius 2 is 1.34 bits per heavy atom. The number of hydrogen-bond donors (Lipinski definition) is 11. The third-order valence-corrected chi connectivity index (χ3v) is 7.22. The van der Waals surface area contributed by atoms with Gasteiger partial charge < -0.3 is 81.7 Å². The molecule has 2 unspecified atom stereocenters. The first-order valence-electron chi connectivity index (χ1n) is 12.4. The van der Waals surface area contributed by atoms with Gasteiger partial charge in [-0.1, -0.05) is 0 Å². The van der Waals surface area contributed by atoms with Gasteiger partial charge in [0.25, 0.3) is 0 Å². The number of aliphatic hydroxyl groups excluding tert-OH is 8. The van der Waals surface area contributed by atoms with Crippen molar-refractivity contribution in [1.82, 2.24) is 0 Å². The standard InChI is InChI=1S/C21H37N3O17/c22-9-12(30)15(6(2-25)36-18(9)34)38-19-10(23)13(31)16(7(3-26)37-19)39-20-11(24)14(32)17(33)21(4-27,40-20)1-8(29)41-35-5-28/h5-7,9-20,25-27,30-34H,1-4,22-24H2/t6-,7-,9-,10-,11-,12-,13-,14-,15?,16?,17+,18-,19+,20+,21-/m1/s1. The topological polar surface area (TPSA) is 339 Å². The first kappa shape index (κ1) is 33.8. The van der Waals surface area contributed by atoms with Gasteiger partial charge in [0.05, 0.1) is 44.4 Å². The van der Waals surface area contributed by atoms with Crippen molar-refractivity contribution < 1.29 is 83.9 Å². The Hall–Kier alpha value is -1.70. The molecule has 3 aliphatic rings. The van der Waals surface area contributed by atoms with Gasteiger partial charge in [0.15, 0.2) is 18.9 Å². The van der Waals surface area contributed by atoms with Crippen LogP contribution in [-0.2, 0) is 43.0 Å². The minimum absolute atomic E-state index is 0.207. The zero-order valence-corrected chi connectivity index (χ0v) is 21.5. The van der Waals surface area contributed by atoms with Gasteiger partial charge in [-0.2, -0.15) is 0 Å². The maximum Gasteiger partial charge on any atom is 0.358 e. The average molecular weight is 604 g/mol. The normalized spacial score (nSPS) is 47.0. The predicted molar refractivity (Wildman–Crippen MR) is 124 cm³/mol. The van der Waals surface area contributed by atoms with Crippen LogP contribution in [0.15, 0.2) is 0 Å². The summed E-state index contributed by atoms with van der Waals surface area (Å²) >= 11 is 0.